The van der Waals surface area contributed by atoms with Crippen LogP contribution >= 0.6 is 15.9 Å². The number of hydrogen-bond acceptors (Lipinski definition) is 4. The highest BCUT2D eigenvalue weighted by atomic mass is 79.9. The Morgan fingerprint density at radius 1 is 0.889 bits per heavy atom. The van der Waals surface area contributed by atoms with Gasteiger partial charge in [-0.25, -0.2) is 0 Å². The Kier molecular flexibility index (Phi) is 8.14. The van der Waals surface area contributed by atoms with Gasteiger partial charge in [0.2, 0.25) is 0 Å². The minimum atomic E-state index is -0.862. The van der Waals surface area contributed by atoms with Crippen LogP contribution < -0.4 is 9.47 Å². The molecule has 2 unspecified atom stereocenters. The van der Waals surface area contributed by atoms with Gasteiger partial charge in [0.25, 0.3) is 0 Å². The Morgan fingerprint density at radius 3 is 1.74 bits per heavy atom. The number of benzene rings is 2. The number of alkyl halides is 1. The first-order valence-electron chi connectivity index (χ1n) is 9.18. The van der Waals surface area contributed by atoms with E-state index in [2.05, 4.69) is 48.8 Å². The van der Waals surface area contributed by atoms with E-state index in [0.717, 1.165) is 11.1 Å². The van der Waals surface area contributed by atoms with Crippen molar-refractivity contribution in [2.24, 2.45) is 5.92 Å². The molecule has 2 aromatic carbocycles. The van der Waals surface area contributed by atoms with E-state index in [4.69, 9.17) is 14.6 Å². The fraction of sp³-hybridized carbons (Fsp3) is 0.455. The molecule has 0 heterocycles. The van der Waals surface area contributed by atoms with Crippen LogP contribution in [0.25, 0.3) is 0 Å². The van der Waals surface area contributed by atoms with Gasteiger partial charge in [0.15, 0.2) is 0 Å². The first-order valence-corrected chi connectivity index (χ1v) is 10.3. The second-order valence-electron chi connectivity index (χ2n) is 7.39. The van der Waals surface area contributed by atoms with Gasteiger partial charge >= 0.3 is 0 Å². The van der Waals surface area contributed by atoms with Gasteiger partial charge < -0.3 is 19.7 Å². The van der Waals surface area contributed by atoms with Crippen LogP contribution in [0, 0.1) is 5.92 Å². The van der Waals surface area contributed by atoms with Crippen molar-refractivity contribution < 1.29 is 19.7 Å². The molecule has 0 fully saturated rings. The fourth-order valence-corrected chi connectivity index (χ4v) is 2.82. The number of aliphatic hydroxyl groups is 2. The van der Waals surface area contributed by atoms with Gasteiger partial charge in [-0.3, -0.25) is 0 Å². The van der Waals surface area contributed by atoms with E-state index in [1.807, 2.05) is 36.4 Å². The largest absolute Gasteiger partial charge is 0.493 e. The van der Waals surface area contributed by atoms with Gasteiger partial charge in [-0.2, -0.15) is 0 Å². The van der Waals surface area contributed by atoms with E-state index in [9.17, 15) is 5.11 Å². The summed E-state index contributed by atoms with van der Waals surface area (Å²) in [6.07, 6.45) is -0.862. The lowest BCUT2D eigenvalue weighted by Crippen LogP contribution is -2.21. The third kappa shape index (κ3) is 6.23. The molecule has 0 aliphatic rings. The summed E-state index contributed by atoms with van der Waals surface area (Å²) in [7, 11) is 0. The molecule has 0 radical (unpaired) electrons. The highest BCUT2D eigenvalue weighted by Crippen LogP contribution is 2.33. The summed E-state index contributed by atoms with van der Waals surface area (Å²) in [6, 6.07) is 16.1. The Labute approximate surface area is 170 Å². The van der Waals surface area contributed by atoms with Crippen LogP contribution in [-0.2, 0) is 5.41 Å². The van der Waals surface area contributed by atoms with Crippen LogP contribution in [0.5, 0.6) is 11.5 Å². The quantitative estimate of drug-likeness (QED) is 0.549. The van der Waals surface area contributed by atoms with E-state index >= 15 is 0 Å². The number of ether oxygens (including phenoxy) is 2. The van der Waals surface area contributed by atoms with Crippen molar-refractivity contribution in [1.82, 2.24) is 0 Å². The Hall–Kier alpha value is -1.56. The van der Waals surface area contributed by atoms with Gasteiger partial charge in [0.1, 0.15) is 24.2 Å². The van der Waals surface area contributed by atoms with Crippen LogP contribution in [0.15, 0.2) is 48.5 Å². The number of aliphatic hydroxyl groups excluding tert-OH is 2. The predicted octanol–water partition coefficient (Wildman–Crippen LogP) is 4.15. The molecular weight excluding hydrogens is 408 g/mol. The zero-order valence-electron chi connectivity index (χ0n) is 16.2. The van der Waals surface area contributed by atoms with E-state index in [1.54, 1.807) is 0 Å². The molecule has 0 spiro atoms. The molecule has 2 N–H and O–H groups in total. The Balaban J connectivity index is 2.04. The van der Waals surface area contributed by atoms with Gasteiger partial charge in [0, 0.05) is 10.7 Å². The van der Waals surface area contributed by atoms with Crippen molar-refractivity contribution >= 4 is 15.9 Å². The molecule has 4 nitrogen and oxygen atoms in total. The van der Waals surface area contributed by atoms with Crippen LogP contribution in [0.4, 0.5) is 0 Å². The van der Waals surface area contributed by atoms with Crippen LogP contribution in [0.2, 0.25) is 0 Å². The van der Waals surface area contributed by atoms with E-state index < -0.39 is 6.10 Å². The average Bonchev–Trinajstić information content (AvgIpc) is 2.70. The highest BCUT2D eigenvalue weighted by molar-refractivity contribution is 9.09. The Morgan fingerprint density at radius 2 is 1.33 bits per heavy atom. The molecule has 0 aliphatic carbocycles. The van der Waals surface area contributed by atoms with Crippen LogP contribution in [-0.4, -0.2) is 41.5 Å². The zero-order valence-corrected chi connectivity index (χ0v) is 17.8. The number of rotatable bonds is 10. The summed E-state index contributed by atoms with van der Waals surface area (Å²) in [5.41, 5.74) is 2.21. The first kappa shape index (κ1) is 21.7. The monoisotopic (exact) mass is 436 g/mol. The fourth-order valence-electron chi connectivity index (χ4n) is 2.63. The second-order valence-corrected chi connectivity index (χ2v) is 8.04. The maximum absolute atomic E-state index is 9.37. The third-order valence-electron chi connectivity index (χ3n) is 4.60. The molecular formula is C22H29BrO4. The lowest BCUT2D eigenvalue weighted by Gasteiger charge is -2.26. The standard InChI is InChI=1S/C22H29BrO4/c1-16(12-23)14-26-20-8-4-17(5-9-20)22(2,3)18-6-10-21(11-7-18)27-15-19(25)13-24/h4-11,16,19,24-25H,12-15H2,1-3H3. The predicted molar refractivity (Wildman–Crippen MR) is 112 cm³/mol. The normalized spacial score (nSPS) is 13.9. The maximum Gasteiger partial charge on any atom is 0.119 e. The molecule has 2 aromatic rings. The highest BCUT2D eigenvalue weighted by Gasteiger charge is 2.23. The summed E-state index contributed by atoms with van der Waals surface area (Å²) in [4.78, 5) is 0. The molecule has 2 rings (SSSR count). The van der Waals surface area contributed by atoms with E-state index in [1.165, 1.54) is 11.1 Å². The molecule has 27 heavy (non-hydrogen) atoms. The molecule has 0 saturated heterocycles. The van der Waals surface area contributed by atoms with Gasteiger partial charge in [-0.05, 0) is 41.3 Å². The molecule has 0 aromatic heterocycles. The average molecular weight is 437 g/mol. The minimum absolute atomic E-state index is 0.0778. The van der Waals surface area contributed by atoms with E-state index in [0.29, 0.717) is 18.3 Å². The molecule has 0 amide bonds. The summed E-state index contributed by atoms with van der Waals surface area (Å²) in [5.74, 6) is 2.03. The van der Waals surface area contributed by atoms with Crippen molar-refractivity contribution in [2.45, 2.75) is 32.3 Å². The molecule has 0 bridgehead atoms. The first-order chi connectivity index (χ1) is 12.9. The number of halogens is 1. The second kappa shape index (κ2) is 10.1. The maximum atomic E-state index is 9.37. The summed E-state index contributed by atoms with van der Waals surface area (Å²) in [5, 5.41) is 19.1. The van der Waals surface area contributed by atoms with Gasteiger partial charge in [-0.1, -0.05) is 61.0 Å². The van der Waals surface area contributed by atoms with Crippen molar-refractivity contribution in [2.75, 3.05) is 25.2 Å². The van der Waals surface area contributed by atoms with Crippen molar-refractivity contribution in [3.8, 4) is 11.5 Å². The van der Waals surface area contributed by atoms with Gasteiger partial charge in [0.05, 0.1) is 13.2 Å². The molecule has 0 aliphatic heterocycles. The van der Waals surface area contributed by atoms with E-state index in [-0.39, 0.29) is 18.6 Å². The smallest absolute Gasteiger partial charge is 0.119 e. The summed E-state index contributed by atoms with van der Waals surface area (Å²) < 4.78 is 11.3. The van der Waals surface area contributed by atoms with Crippen molar-refractivity contribution in [1.29, 1.82) is 0 Å². The van der Waals surface area contributed by atoms with Crippen molar-refractivity contribution in [3.05, 3.63) is 59.7 Å². The van der Waals surface area contributed by atoms with Crippen LogP contribution in [0.3, 0.4) is 0 Å². The summed E-state index contributed by atoms with van der Waals surface area (Å²) >= 11 is 3.46. The molecule has 5 heteroatoms. The summed E-state index contributed by atoms with van der Waals surface area (Å²) in [6.45, 7) is 6.97. The van der Waals surface area contributed by atoms with Crippen LogP contribution in [0.1, 0.15) is 31.9 Å². The molecule has 0 saturated carbocycles. The lowest BCUT2D eigenvalue weighted by atomic mass is 9.78. The SMILES string of the molecule is CC(CBr)COc1ccc(C(C)(C)c2ccc(OCC(O)CO)cc2)cc1. The van der Waals surface area contributed by atoms with Crippen molar-refractivity contribution in [3.63, 3.8) is 0 Å². The molecule has 148 valence electrons. The zero-order chi connectivity index (χ0) is 19.9. The van der Waals surface area contributed by atoms with Gasteiger partial charge in [-0.15, -0.1) is 0 Å². The molecule has 2 atom stereocenters. The topological polar surface area (TPSA) is 58.9 Å². The lowest BCUT2D eigenvalue weighted by molar-refractivity contribution is 0.0536. The number of hydrogen-bond donors (Lipinski definition) is 2. The third-order valence-corrected chi connectivity index (χ3v) is 5.71. The minimum Gasteiger partial charge on any atom is -0.493 e. The Bertz CT molecular complexity index is 623.